The second kappa shape index (κ2) is 15.6. The van der Waals surface area contributed by atoms with Gasteiger partial charge in [-0.15, -0.1) is 0 Å². The maximum Gasteiger partial charge on any atom is 0.0714 e. The fourth-order valence-corrected chi connectivity index (χ4v) is 10.5. The van der Waals surface area contributed by atoms with Crippen molar-refractivity contribution in [1.29, 1.82) is 0 Å². The molecule has 0 N–H and O–H groups in total. The molecule has 1 nitrogen and oxygen atoms in total. The normalized spacial score (nSPS) is 12.5. The van der Waals surface area contributed by atoms with Gasteiger partial charge in [-0.2, -0.15) is 0 Å². The van der Waals surface area contributed by atoms with Crippen molar-refractivity contribution in [3.63, 3.8) is 0 Å². The molecule has 0 bridgehead atoms. The average molecular weight is 814 g/mol. The summed E-state index contributed by atoms with van der Waals surface area (Å²) >= 11 is 0. The summed E-state index contributed by atoms with van der Waals surface area (Å²) in [6.07, 6.45) is 0. The molecule has 0 aliphatic heterocycles. The van der Waals surface area contributed by atoms with Gasteiger partial charge in [0, 0.05) is 16.9 Å². The molecule has 1 aliphatic carbocycles. The van der Waals surface area contributed by atoms with E-state index in [-0.39, 0.29) is 0 Å². The minimum Gasteiger partial charge on any atom is -0.310 e. The minimum absolute atomic E-state index is 0.507. The highest BCUT2D eigenvalue weighted by Gasteiger charge is 2.47. The first-order valence-corrected chi connectivity index (χ1v) is 22.2. The molecular formula is C63H43N. The SMILES string of the molecule is c1ccc(C2(c3ccccc3)c3ccccc3-c3c(N(c4ccc(-c5cccc(-c6cccc7ccccc67)c5)cc4)c4ccc(-c5cccc6ccccc56)cc4)cccc32)cc1. The molecule has 0 saturated heterocycles. The Morgan fingerprint density at radius 2 is 0.734 bits per heavy atom. The average Bonchev–Trinajstić information content (AvgIpc) is 3.69. The molecule has 0 aromatic heterocycles. The smallest absolute Gasteiger partial charge is 0.0714 e. The minimum atomic E-state index is -0.507. The molecule has 11 aromatic carbocycles. The van der Waals surface area contributed by atoms with E-state index < -0.39 is 5.41 Å². The van der Waals surface area contributed by atoms with Crippen molar-refractivity contribution < 1.29 is 0 Å². The molecule has 300 valence electrons. The van der Waals surface area contributed by atoms with Gasteiger partial charge in [0.1, 0.15) is 0 Å². The lowest BCUT2D eigenvalue weighted by Crippen LogP contribution is -2.28. The van der Waals surface area contributed by atoms with Crippen LogP contribution in [0.4, 0.5) is 17.1 Å². The van der Waals surface area contributed by atoms with E-state index in [9.17, 15) is 0 Å². The fourth-order valence-electron chi connectivity index (χ4n) is 10.5. The van der Waals surface area contributed by atoms with Crippen LogP contribution in [0.1, 0.15) is 22.3 Å². The quantitative estimate of drug-likeness (QED) is 0.148. The number of fused-ring (bicyclic) bond motifs is 5. The van der Waals surface area contributed by atoms with Gasteiger partial charge in [-0.25, -0.2) is 0 Å². The molecule has 0 spiro atoms. The van der Waals surface area contributed by atoms with E-state index in [1.54, 1.807) is 0 Å². The molecule has 0 heterocycles. The lowest BCUT2D eigenvalue weighted by atomic mass is 9.68. The van der Waals surface area contributed by atoms with Crippen LogP contribution in [0.25, 0.3) is 66.1 Å². The van der Waals surface area contributed by atoms with E-state index in [1.165, 1.54) is 88.3 Å². The topological polar surface area (TPSA) is 3.24 Å². The van der Waals surface area contributed by atoms with E-state index in [2.05, 4.69) is 266 Å². The van der Waals surface area contributed by atoms with Gasteiger partial charge >= 0.3 is 0 Å². The zero-order valence-corrected chi connectivity index (χ0v) is 35.3. The Labute approximate surface area is 374 Å². The highest BCUT2D eigenvalue weighted by molar-refractivity contribution is 6.00. The maximum absolute atomic E-state index is 2.46. The molecule has 11 aromatic rings. The summed E-state index contributed by atoms with van der Waals surface area (Å²) in [6, 6.07) is 95.8. The summed E-state index contributed by atoms with van der Waals surface area (Å²) in [6.45, 7) is 0. The Kier molecular flexibility index (Phi) is 9.13. The van der Waals surface area contributed by atoms with Crippen LogP contribution in [0.15, 0.2) is 261 Å². The molecule has 0 fully saturated rings. The van der Waals surface area contributed by atoms with Crippen molar-refractivity contribution >= 4 is 38.6 Å². The van der Waals surface area contributed by atoms with Crippen LogP contribution >= 0.6 is 0 Å². The molecule has 0 radical (unpaired) electrons. The van der Waals surface area contributed by atoms with Gasteiger partial charge in [0.15, 0.2) is 0 Å². The summed E-state index contributed by atoms with van der Waals surface area (Å²) < 4.78 is 0. The van der Waals surface area contributed by atoms with E-state index >= 15 is 0 Å². The highest BCUT2D eigenvalue weighted by Crippen LogP contribution is 2.59. The van der Waals surface area contributed by atoms with Crippen molar-refractivity contribution in [2.24, 2.45) is 0 Å². The van der Waals surface area contributed by atoms with Gasteiger partial charge < -0.3 is 4.90 Å². The maximum atomic E-state index is 2.46. The summed E-state index contributed by atoms with van der Waals surface area (Å²) in [5, 5.41) is 5.01. The Balaban J connectivity index is 1.04. The number of rotatable bonds is 8. The van der Waals surface area contributed by atoms with Crippen molar-refractivity contribution in [3.8, 4) is 44.5 Å². The van der Waals surface area contributed by atoms with E-state index in [0.717, 1.165) is 17.1 Å². The van der Waals surface area contributed by atoms with Crippen molar-refractivity contribution in [1.82, 2.24) is 0 Å². The third-order valence-corrected chi connectivity index (χ3v) is 13.3. The largest absolute Gasteiger partial charge is 0.310 e. The van der Waals surface area contributed by atoms with Crippen LogP contribution in [0.2, 0.25) is 0 Å². The van der Waals surface area contributed by atoms with Gasteiger partial charge in [0.2, 0.25) is 0 Å². The Morgan fingerprint density at radius 1 is 0.281 bits per heavy atom. The number of benzene rings is 11. The highest BCUT2D eigenvalue weighted by atomic mass is 15.1. The molecule has 0 atom stereocenters. The van der Waals surface area contributed by atoms with Gasteiger partial charge in [0.25, 0.3) is 0 Å². The molecule has 0 saturated carbocycles. The first kappa shape index (κ1) is 37.5. The van der Waals surface area contributed by atoms with E-state index in [0.29, 0.717) is 0 Å². The van der Waals surface area contributed by atoms with Crippen LogP contribution in [0, 0.1) is 0 Å². The Bertz CT molecular complexity index is 3430. The summed E-state index contributed by atoms with van der Waals surface area (Å²) in [4.78, 5) is 2.46. The van der Waals surface area contributed by atoms with Gasteiger partial charge in [-0.3, -0.25) is 0 Å². The van der Waals surface area contributed by atoms with Gasteiger partial charge in [-0.1, -0.05) is 224 Å². The van der Waals surface area contributed by atoms with Crippen LogP contribution in [0.3, 0.4) is 0 Å². The Morgan fingerprint density at radius 3 is 1.38 bits per heavy atom. The second-order valence-electron chi connectivity index (χ2n) is 16.8. The van der Waals surface area contributed by atoms with E-state index in [4.69, 9.17) is 0 Å². The first-order chi connectivity index (χ1) is 31.8. The molecule has 1 heteroatoms. The third-order valence-electron chi connectivity index (χ3n) is 13.3. The number of nitrogens with zero attached hydrogens (tertiary/aromatic N) is 1. The van der Waals surface area contributed by atoms with Crippen molar-refractivity contribution in [3.05, 3.63) is 283 Å². The van der Waals surface area contributed by atoms with Crippen molar-refractivity contribution in [2.45, 2.75) is 5.41 Å². The monoisotopic (exact) mass is 813 g/mol. The number of hydrogen-bond donors (Lipinski definition) is 0. The zero-order valence-electron chi connectivity index (χ0n) is 35.3. The van der Waals surface area contributed by atoms with Gasteiger partial charge in [-0.05, 0) is 119 Å². The van der Waals surface area contributed by atoms with Gasteiger partial charge in [0.05, 0.1) is 11.1 Å². The van der Waals surface area contributed by atoms with Crippen LogP contribution in [-0.4, -0.2) is 0 Å². The summed E-state index contributed by atoms with van der Waals surface area (Å²) in [5.74, 6) is 0. The number of anilines is 3. The standard InChI is InChI=1S/C63H43N/c1-3-23-50(24-4-1)63(51-25-5-2-6-26-51)59-32-12-11-29-58(59)62-60(63)33-16-34-61(62)64(53-41-37-47(38-42-53)56-30-14-19-45-17-7-9-27-54(45)56)52-39-35-44(36-40-52)48-21-13-22-49(43-48)57-31-15-20-46-18-8-10-28-55(46)57/h1-43H. The predicted molar refractivity (Wildman–Crippen MR) is 270 cm³/mol. The first-order valence-electron chi connectivity index (χ1n) is 22.2. The predicted octanol–water partition coefficient (Wildman–Crippen LogP) is 16.8. The zero-order chi connectivity index (χ0) is 42.5. The molecule has 1 aliphatic rings. The molecule has 0 unspecified atom stereocenters. The fraction of sp³-hybridized carbons (Fsp3) is 0.0159. The Hall–Kier alpha value is -8.26. The van der Waals surface area contributed by atoms with Crippen LogP contribution in [-0.2, 0) is 5.41 Å². The summed E-state index contributed by atoms with van der Waals surface area (Å²) in [5.41, 5.74) is 17.6. The lowest BCUT2D eigenvalue weighted by molar-refractivity contribution is 0.768. The number of hydrogen-bond acceptors (Lipinski definition) is 1. The van der Waals surface area contributed by atoms with Crippen LogP contribution < -0.4 is 4.90 Å². The second-order valence-corrected chi connectivity index (χ2v) is 16.8. The van der Waals surface area contributed by atoms with Crippen molar-refractivity contribution in [2.75, 3.05) is 4.90 Å². The molecular weight excluding hydrogens is 771 g/mol. The summed E-state index contributed by atoms with van der Waals surface area (Å²) in [7, 11) is 0. The molecule has 64 heavy (non-hydrogen) atoms. The third kappa shape index (κ3) is 6.08. The molecule has 12 rings (SSSR count). The molecule has 0 amide bonds. The van der Waals surface area contributed by atoms with E-state index in [1.807, 2.05) is 0 Å². The lowest BCUT2D eigenvalue weighted by Gasteiger charge is -2.34. The van der Waals surface area contributed by atoms with Crippen LogP contribution in [0.5, 0.6) is 0 Å².